The average Bonchev–Trinajstić information content (AvgIpc) is 1.57. The molecule has 0 rings (SSSR count). The van der Waals surface area contributed by atoms with E-state index in [9.17, 15) is 0 Å². The van der Waals surface area contributed by atoms with Crippen molar-refractivity contribution in [3.05, 3.63) is 0 Å². The summed E-state index contributed by atoms with van der Waals surface area (Å²) >= 11 is 0. The molecule has 0 aliphatic carbocycles. The second-order valence-electron chi connectivity index (χ2n) is 2.33. The van der Waals surface area contributed by atoms with Gasteiger partial charge < -0.3 is 0 Å². The van der Waals surface area contributed by atoms with Gasteiger partial charge in [0, 0.05) is 0 Å². The Kier molecular flexibility index (Phi) is 2.56. The van der Waals surface area contributed by atoms with Gasteiger partial charge in [-0.1, -0.05) is 0 Å². The molecule has 0 atom stereocenters. The van der Waals surface area contributed by atoms with E-state index in [1.807, 2.05) is 0 Å². The van der Waals surface area contributed by atoms with Gasteiger partial charge in [0.25, 0.3) is 0 Å². The van der Waals surface area contributed by atoms with E-state index in [2.05, 4.69) is 4.74 Å². The fourth-order valence-corrected chi connectivity index (χ4v) is 0.915. The Morgan fingerprint density at radius 2 is 1.78 bits per heavy atom. The van der Waals surface area contributed by atoms with Gasteiger partial charge in [0.2, 0.25) is 0 Å². The van der Waals surface area contributed by atoms with Crippen LogP contribution >= 0.6 is 7.28 Å². The van der Waals surface area contributed by atoms with Crippen molar-refractivity contribution < 1.29 is 19.4 Å². The minimum absolute atomic E-state index is 0.0951. The van der Waals surface area contributed by atoms with Crippen LogP contribution in [0, 0.1) is 0 Å². The Morgan fingerprint density at radius 1 is 1.33 bits per heavy atom. The summed E-state index contributed by atoms with van der Waals surface area (Å²) in [5.41, 5.74) is 0. The Morgan fingerprint density at radius 3 is 1.89 bits per heavy atom. The maximum atomic E-state index is 8.78. The van der Waals surface area contributed by atoms with E-state index in [0.29, 0.717) is 0 Å². The molecule has 0 saturated heterocycles. The predicted molar refractivity (Wildman–Crippen MR) is 36.2 cm³/mol. The van der Waals surface area contributed by atoms with E-state index in [0.717, 1.165) is 6.66 Å². The molecule has 0 fully saturated rings. The normalized spacial score (nSPS) is 16.8. The molecular formula is C4H13O4P. The summed E-state index contributed by atoms with van der Waals surface area (Å²) in [6, 6.07) is 0. The second-order valence-corrected chi connectivity index (χ2v) is 5.99. The van der Waals surface area contributed by atoms with Crippen molar-refractivity contribution in [1.29, 1.82) is 0 Å². The molecule has 0 saturated carbocycles. The van der Waals surface area contributed by atoms with E-state index in [1.165, 1.54) is 7.11 Å². The molecule has 0 aromatic carbocycles. The third kappa shape index (κ3) is 8.27. The predicted octanol–water partition coefficient (Wildman–Crippen LogP) is -0.462. The van der Waals surface area contributed by atoms with E-state index in [-0.39, 0.29) is 12.8 Å². The Labute approximate surface area is 54.3 Å². The van der Waals surface area contributed by atoms with Gasteiger partial charge in [-0.2, -0.15) is 0 Å². The zero-order chi connectivity index (χ0) is 7.57. The molecule has 58 valence electrons. The molecule has 9 heavy (non-hydrogen) atoms. The van der Waals surface area contributed by atoms with Crippen molar-refractivity contribution >= 4 is 7.28 Å². The summed E-state index contributed by atoms with van der Waals surface area (Å²) in [7, 11) is -2.82. The molecule has 0 aromatic rings. The molecule has 0 bridgehead atoms. The molecular weight excluding hydrogens is 143 g/mol. The Hall–Kier alpha value is 0.270. The maximum absolute atomic E-state index is 8.78. The molecule has 5 heteroatoms. The van der Waals surface area contributed by atoms with Crippen LogP contribution in [-0.2, 0) is 4.74 Å². The van der Waals surface area contributed by atoms with Crippen LogP contribution in [0.2, 0.25) is 0 Å². The second kappa shape index (κ2) is 2.48. The van der Waals surface area contributed by atoms with Crippen molar-refractivity contribution in [2.75, 3.05) is 26.5 Å². The number of methoxy groups -OCH3 is 1. The molecule has 0 spiro atoms. The first-order valence-electron chi connectivity index (χ1n) is 2.56. The molecule has 3 N–H and O–H groups in total. The topological polar surface area (TPSA) is 69.9 Å². The van der Waals surface area contributed by atoms with E-state index in [1.54, 1.807) is 0 Å². The van der Waals surface area contributed by atoms with Crippen molar-refractivity contribution in [2.45, 2.75) is 0 Å². The molecule has 0 unspecified atom stereocenters. The average molecular weight is 156 g/mol. The quantitative estimate of drug-likeness (QED) is 0.483. The Balaban J connectivity index is 3.60. The first-order valence-corrected chi connectivity index (χ1v) is 5.29. The third-order valence-electron chi connectivity index (χ3n) is 0.819. The molecule has 0 aromatic heterocycles. The van der Waals surface area contributed by atoms with Crippen molar-refractivity contribution in [3.8, 4) is 0 Å². The summed E-state index contributed by atoms with van der Waals surface area (Å²) in [6.07, 6.45) is -0.0951. The molecule has 0 aliphatic rings. The van der Waals surface area contributed by atoms with Gasteiger partial charge in [-0.05, 0) is 0 Å². The molecule has 0 aliphatic heterocycles. The SMILES string of the molecule is COCCP(C)(O)(O)O. The van der Waals surface area contributed by atoms with Gasteiger partial charge in [0.05, 0.1) is 0 Å². The van der Waals surface area contributed by atoms with Crippen LogP contribution in [0.3, 0.4) is 0 Å². The standard InChI is InChI=1S/C4H13O4P/c1-8-3-4-9(2,5,6)7/h5-7H,3-4H2,1-2H3. The fourth-order valence-electron chi connectivity index (χ4n) is 0.305. The molecule has 4 nitrogen and oxygen atoms in total. The zero-order valence-corrected chi connectivity index (χ0v) is 6.51. The van der Waals surface area contributed by atoms with Gasteiger partial charge >= 0.3 is 53.2 Å². The van der Waals surface area contributed by atoms with Crippen molar-refractivity contribution in [3.63, 3.8) is 0 Å². The summed E-state index contributed by atoms with van der Waals surface area (Å²) in [5.74, 6) is 0. The van der Waals surface area contributed by atoms with E-state index in [4.69, 9.17) is 14.7 Å². The van der Waals surface area contributed by atoms with Crippen LogP contribution in [0.5, 0.6) is 0 Å². The van der Waals surface area contributed by atoms with Gasteiger partial charge in [-0.15, -0.1) is 0 Å². The third-order valence-corrected chi connectivity index (χ3v) is 2.05. The van der Waals surface area contributed by atoms with Crippen LogP contribution in [0.4, 0.5) is 0 Å². The van der Waals surface area contributed by atoms with Crippen molar-refractivity contribution in [2.24, 2.45) is 0 Å². The fraction of sp³-hybridized carbons (Fsp3) is 1.00. The van der Waals surface area contributed by atoms with Crippen molar-refractivity contribution in [1.82, 2.24) is 0 Å². The first kappa shape index (κ1) is 9.27. The summed E-state index contributed by atoms with van der Waals surface area (Å²) in [5, 5.41) is 0. The van der Waals surface area contributed by atoms with Gasteiger partial charge in [0.1, 0.15) is 0 Å². The molecule has 0 radical (unpaired) electrons. The molecule has 0 heterocycles. The first-order chi connectivity index (χ1) is 3.81. The van der Waals surface area contributed by atoms with Crippen LogP contribution in [0.15, 0.2) is 0 Å². The van der Waals surface area contributed by atoms with E-state index < -0.39 is 7.28 Å². The van der Waals surface area contributed by atoms with Crippen LogP contribution in [-0.4, -0.2) is 41.2 Å². The number of rotatable bonds is 3. The number of hydrogen-bond donors (Lipinski definition) is 3. The number of hydrogen-bond acceptors (Lipinski definition) is 4. The van der Waals surface area contributed by atoms with Crippen LogP contribution in [0.1, 0.15) is 0 Å². The monoisotopic (exact) mass is 156 g/mol. The van der Waals surface area contributed by atoms with Gasteiger partial charge in [-0.25, -0.2) is 0 Å². The summed E-state index contributed by atoms with van der Waals surface area (Å²) in [4.78, 5) is 26.3. The summed E-state index contributed by atoms with van der Waals surface area (Å²) < 4.78 is 4.54. The van der Waals surface area contributed by atoms with Crippen LogP contribution < -0.4 is 0 Å². The van der Waals surface area contributed by atoms with Crippen LogP contribution in [0.25, 0.3) is 0 Å². The van der Waals surface area contributed by atoms with E-state index >= 15 is 0 Å². The minimum atomic E-state index is -4.25. The summed E-state index contributed by atoms with van der Waals surface area (Å²) in [6.45, 7) is 1.20. The van der Waals surface area contributed by atoms with Gasteiger partial charge in [-0.3, -0.25) is 0 Å². The zero-order valence-electron chi connectivity index (χ0n) is 5.61. The molecule has 0 amide bonds. The van der Waals surface area contributed by atoms with Gasteiger partial charge in [0.15, 0.2) is 0 Å². The number of ether oxygens (including phenoxy) is 1. The Bertz CT molecular complexity index is 85.2.